The highest BCUT2D eigenvalue weighted by molar-refractivity contribution is 5.54. The number of nitrogens with two attached hydrogens (primary N) is 1. The van der Waals surface area contributed by atoms with Gasteiger partial charge < -0.3 is 15.2 Å². The van der Waals surface area contributed by atoms with Crippen molar-refractivity contribution in [3.8, 4) is 11.5 Å². The van der Waals surface area contributed by atoms with Gasteiger partial charge in [0.05, 0.1) is 23.8 Å². The summed E-state index contributed by atoms with van der Waals surface area (Å²) < 4.78 is 10.7. The number of nitrogen functional groups attached to an aromatic ring is 1. The fourth-order valence-corrected chi connectivity index (χ4v) is 2.12. The highest BCUT2D eigenvalue weighted by Gasteiger charge is 2.14. The third-order valence-electron chi connectivity index (χ3n) is 3.40. The highest BCUT2D eigenvalue weighted by Crippen LogP contribution is 2.27. The Hall–Kier alpha value is -2.76. The topological polar surface area (TPSA) is 87.6 Å². The maximum Gasteiger partial charge on any atom is 0.311 e. The van der Waals surface area contributed by atoms with E-state index in [2.05, 4.69) is 6.92 Å². The van der Waals surface area contributed by atoms with Gasteiger partial charge >= 0.3 is 5.69 Å². The molecule has 0 amide bonds. The molecule has 6 heteroatoms. The largest absolute Gasteiger partial charge is 0.491 e. The first-order valence-electron chi connectivity index (χ1n) is 8.75. The van der Waals surface area contributed by atoms with Crippen LogP contribution in [0, 0.1) is 24.0 Å². The molecule has 2 aromatic carbocycles. The predicted octanol–water partition coefficient (Wildman–Crippen LogP) is 5.06. The van der Waals surface area contributed by atoms with Crippen molar-refractivity contribution >= 4 is 11.4 Å². The van der Waals surface area contributed by atoms with Gasteiger partial charge in [0.1, 0.15) is 5.75 Å². The number of rotatable bonds is 7. The molecule has 0 unspecified atom stereocenters. The summed E-state index contributed by atoms with van der Waals surface area (Å²) in [5.74, 6) is 1.14. The van der Waals surface area contributed by atoms with Crippen molar-refractivity contribution in [2.45, 2.75) is 40.5 Å². The van der Waals surface area contributed by atoms with Crippen LogP contribution in [0.5, 0.6) is 11.5 Å². The van der Waals surface area contributed by atoms with Crippen LogP contribution in [0.2, 0.25) is 0 Å². The zero-order chi connectivity index (χ0) is 19.5. The molecule has 2 N–H and O–H groups in total. The van der Waals surface area contributed by atoms with E-state index in [0.29, 0.717) is 12.4 Å². The third-order valence-corrected chi connectivity index (χ3v) is 3.40. The Bertz CT molecular complexity index is 717. The first kappa shape index (κ1) is 21.3. The molecule has 0 aliphatic heterocycles. The summed E-state index contributed by atoms with van der Waals surface area (Å²) in [4.78, 5) is 10.2. The maximum atomic E-state index is 10.7. The summed E-state index contributed by atoms with van der Waals surface area (Å²) in [5, 5.41) is 10.7. The van der Waals surface area contributed by atoms with Crippen molar-refractivity contribution in [3.63, 3.8) is 0 Å². The zero-order valence-corrected chi connectivity index (χ0v) is 16.0. The van der Waals surface area contributed by atoms with E-state index in [1.807, 2.05) is 39.0 Å². The maximum absolute atomic E-state index is 10.7. The summed E-state index contributed by atoms with van der Waals surface area (Å²) in [5.41, 5.74) is 8.53. The van der Waals surface area contributed by atoms with Crippen molar-refractivity contribution in [1.29, 1.82) is 0 Å². The minimum atomic E-state index is -0.419. The van der Waals surface area contributed by atoms with Crippen molar-refractivity contribution in [2.75, 3.05) is 18.9 Å². The third kappa shape index (κ3) is 7.01. The first-order valence-corrected chi connectivity index (χ1v) is 8.75. The van der Waals surface area contributed by atoms with Crippen molar-refractivity contribution in [1.82, 2.24) is 0 Å². The number of nitrogens with zero attached hydrogens (tertiary/aromatic N) is 1. The fraction of sp³-hybridized carbons (Fsp3) is 0.400. The van der Waals surface area contributed by atoms with Gasteiger partial charge in [-0.3, -0.25) is 10.1 Å². The lowest BCUT2D eigenvalue weighted by atomic mass is 10.2. The monoisotopic (exact) mass is 360 g/mol. The Kier molecular flexibility index (Phi) is 8.98. The minimum absolute atomic E-state index is 0.0402. The van der Waals surface area contributed by atoms with Crippen molar-refractivity contribution in [2.24, 2.45) is 0 Å². The summed E-state index contributed by atoms with van der Waals surface area (Å²) in [6.07, 6.45) is 1.85. The average molecular weight is 360 g/mol. The van der Waals surface area contributed by atoms with E-state index in [1.165, 1.54) is 6.07 Å². The molecule has 0 atom stereocenters. The Morgan fingerprint density at radius 3 is 1.92 bits per heavy atom. The zero-order valence-electron chi connectivity index (χ0n) is 16.0. The summed E-state index contributed by atoms with van der Waals surface area (Å²) in [6, 6.07) is 10.8. The van der Waals surface area contributed by atoms with Gasteiger partial charge in [0, 0.05) is 6.07 Å². The molecular weight excluding hydrogens is 332 g/mol. The minimum Gasteiger partial charge on any atom is -0.491 e. The van der Waals surface area contributed by atoms with Crippen molar-refractivity contribution < 1.29 is 14.4 Å². The van der Waals surface area contributed by atoms with Crippen LogP contribution in [0.25, 0.3) is 0 Å². The Balaban J connectivity index is 0.000000263. The first-order chi connectivity index (χ1) is 12.4. The normalized spacial score (nSPS) is 9.85. The van der Waals surface area contributed by atoms with E-state index < -0.39 is 4.92 Å². The second kappa shape index (κ2) is 11.0. The second-order valence-corrected chi connectivity index (χ2v) is 5.97. The number of anilines is 1. The van der Waals surface area contributed by atoms with E-state index >= 15 is 0 Å². The summed E-state index contributed by atoms with van der Waals surface area (Å²) in [7, 11) is 0. The number of hydrogen-bond donors (Lipinski definition) is 1. The predicted molar refractivity (Wildman–Crippen MR) is 105 cm³/mol. The average Bonchev–Trinajstić information content (AvgIpc) is 2.60. The van der Waals surface area contributed by atoms with E-state index in [-0.39, 0.29) is 5.69 Å². The molecule has 0 radical (unpaired) electrons. The molecule has 0 bridgehead atoms. The van der Waals surface area contributed by atoms with Gasteiger partial charge in [-0.1, -0.05) is 26.0 Å². The molecule has 0 heterocycles. The van der Waals surface area contributed by atoms with Crippen LogP contribution in [0.1, 0.15) is 37.8 Å². The molecule has 26 heavy (non-hydrogen) atoms. The van der Waals surface area contributed by atoms with Gasteiger partial charge in [0.25, 0.3) is 0 Å². The lowest BCUT2D eigenvalue weighted by molar-refractivity contribution is -0.385. The molecule has 0 fully saturated rings. The van der Waals surface area contributed by atoms with Crippen LogP contribution in [-0.4, -0.2) is 18.1 Å². The van der Waals surface area contributed by atoms with E-state index in [1.54, 1.807) is 12.1 Å². The van der Waals surface area contributed by atoms with Crippen molar-refractivity contribution in [3.05, 3.63) is 57.6 Å². The number of aryl methyl sites for hydroxylation is 2. The Morgan fingerprint density at radius 2 is 1.42 bits per heavy atom. The van der Waals surface area contributed by atoms with Gasteiger partial charge in [-0.2, -0.15) is 0 Å². The standard InChI is InChI=1S/C10H13NO3.C10H15NO/c1-3-6-14-10-5-4-8(2)7-9(10)11(12)13;1-3-6-12-10-5-4-8(2)7-9(10)11/h4-5,7H,3,6H2,1-2H3;4-5,7H,3,6,11H2,1-2H3. The lowest BCUT2D eigenvalue weighted by Gasteiger charge is -2.07. The molecule has 0 spiro atoms. The molecule has 0 aromatic heterocycles. The second-order valence-electron chi connectivity index (χ2n) is 5.97. The fourth-order valence-electron chi connectivity index (χ4n) is 2.12. The molecule has 2 aromatic rings. The quantitative estimate of drug-likeness (QED) is 0.424. The van der Waals surface area contributed by atoms with Crippen LogP contribution >= 0.6 is 0 Å². The molecule has 142 valence electrons. The molecule has 6 nitrogen and oxygen atoms in total. The van der Waals surface area contributed by atoms with Crippen LogP contribution < -0.4 is 15.2 Å². The number of benzene rings is 2. The van der Waals surface area contributed by atoms with Gasteiger partial charge in [-0.15, -0.1) is 0 Å². The van der Waals surface area contributed by atoms with E-state index in [4.69, 9.17) is 15.2 Å². The molecule has 0 saturated heterocycles. The number of nitro benzene ring substituents is 1. The van der Waals surface area contributed by atoms with Gasteiger partial charge in [-0.05, 0) is 56.0 Å². The molecule has 0 aliphatic rings. The van der Waals surface area contributed by atoms with Gasteiger partial charge in [0.2, 0.25) is 0 Å². The highest BCUT2D eigenvalue weighted by atomic mass is 16.6. The number of nitro groups is 1. The smallest absolute Gasteiger partial charge is 0.311 e. The van der Waals surface area contributed by atoms with Crippen LogP contribution in [0.4, 0.5) is 11.4 Å². The van der Waals surface area contributed by atoms with Gasteiger partial charge in [-0.25, -0.2) is 0 Å². The Morgan fingerprint density at radius 1 is 0.923 bits per heavy atom. The number of hydrogen-bond acceptors (Lipinski definition) is 5. The lowest BCUT2D eigenvalue weighted by Crippen LogP contribution is -1.99. The number of ether oxygens (including phenoxy) is 2. The molecule has 0 saturated carbocycles. The molecule has 0 aliphatic carbocycles. The van der Waals surface area contributed by atoms with Crippen LogP contribution in [-0.2, 0) is 0 Å². The van der Waals surface area contributed by atoms with Gasteiger partial charge in [0.15, 0.2) is 5.75 Å². The van der Waals surface area contributed by atoms with Crippen LogP contribution in [0.3, 0.4) is 0 Å². The van der Waals surface area contributed by atoms with E-state index in [9.17, 15) is 10.1 Å². The molecule has 2 rings (SSSR count). The Labute approximate surface area is 155 Å². The van der Waals surface area contributed by atoms with Crippen LogP contribution in [0.15, 0.2) is 36.4 Å². The molecular formula is C20H28N2O4. The summed E-state index contributed by atoms with van der Waals surface area (Å²) in [6.45, 7) is 9.10. The summed E-state index contributed by atoms with van der Waals surface area (Å²) >= 11 is 0. The van der Waals surface area contributed by atoms with E-state index in [0.717, 1.165) is 42.0 Å². The SMILES string of the molecule is CCCOc1ccc(C)cc1N.CCCOc1ccc(C)cc1[N+](=O)[O-].